The number of carbonyl (C=O) groups is 2. The topological polar surface area (TPSA) is 64.6 Å². The number of aryl methyl sites for hydroxylation is 1. The molecule has 1 N–H and O–H groups in total. The van der Waals surface area contributed by atoms with Crippen LogP contribution in [0.25, 0.3) is 0 Å². The number of nitrogens with one attached hydrogen (secondary N) is 1. The zero-order valence-electron chi connectivity index (χ0n) is 14.8. The van der Waals surface area contributed by atoms with Crippen molar-refractivity contribution in [1.29, 1.82) is 0 Å². The SMILES string of the molecule is COc1ccccc1CCC(=O)OCC(=O)N[C@H](C)c1ccc(Br)cc1. The Morgan fingerprint density at radius 3 is 2.50 bits per heavy atom. The summed E-state index contributed by atoms with van der Waals surface area (Å²) in [6.45, 7) is 1.59. The molecular formula is C20H22BrNO4. The molecule has 0 unspecified atom stereocenters. The van der Waals surface area contributed by atoms with Crippen LogP contribution in [-0.4, -0.2) is 25.6 Å². The largest absolute Gasteiger partial charge is 0.496 e. The molecule has 2 aromatic carbocycles. The van der Waals surface area contributed by atoms with Crippen LogP contribution in [0.15, 0.2) is 53.0 Å². The van der Waals surface area contributed by atoms with E-state index >= 15 is 0 Å². The van der Waals surface area contributed by atoms with Crippen molar-refractivity contribution in [2.75, 3.05) is 13.7 Å². The molecule has 0 saturated heterocycles. The van der Waals surface area contributed by atoms with Gasteiger partial charge in [-0.15, -0.1) is 0 Å². The van der Waals surface area contributed by atoms with E-state index in [9.17, 15) is 9.59 Å². The van der Waals surface area contributed by atoms with Crippen molar-refractivity contribution in [2.45, 2.75) is 25.8 Å². The molecular weight excluding hydrogens is 398 g/mol. The van der Waals surface area contributed by atoms with Gasteiger partial charge in [-0.2, -0.15) is 0 Å². The summed E-state index contributed by atoms with van der Waals surface area (Å²) >= 11 is 3.37. The number of halogens is 1. The molecule has 2 aromatic rings. The van der Waals surface area contributed by atoms with Crippen molar-refractivity contribution < 1.29 is 19.1 Å². The zero-order valence-corrected chi connectivity index (χ0v) is 16.4. The Labute approximate surface area is 161 Å². The predicted molar refractivity (Wildman–Crippen MR) is 103 cm³/mol. The lowest BCUT2D eigenvalue weighted by Crippen LogP contribution is -2.31. The standard InChI is InChI=1S/C20H22BrNO4/c1-14(15-7-10-17(21)11-8-15)22-19(23)13-26-20(24)12-9-16-5-3-4-6-18(16)25-2/h3-8,10-11,14H,9,12-13H2,1-2H3,(H,22,23)/t14-/m1/s1. The van der Waals surface area contributed by atoms with Crippen LogP contribution in [0.4, 0.5) is 0 Å². The normalized spacial score (nSPS) is 11.5. The van der Waals surface area contributed by atoms with Gasteiger partial charge in [0.1, 0.15) is 5.75 Å². The quantitative estimate of drug-likeness (QED) is 0.660. The summed E-state index contributed by atoms with van der Waals surface area (Å²) in [6.07, 6.45) is 0.690. The number of esters is 1. The highest BCUT2D eigenvalue weighted by Crippen LogP contribution is 2.19. The first-order chi connectivity index (χ1) is 12.5. The first kappa shape index (κ1) is 20.0. The number of hydrogen-bond acceptors (Lipinski definition) is 4. The Morgan fingerprint density at radius 2 is 1.81 bits per heavy atom. The second kappa shape index (κ2) is 9.97. The minimum atomic E-state index is -0.414. The van der Waals surface area contributed by atoms with Gasteiger partial charge in [0, 0.05) is 10.9 Å². The van der Waals surface area contributed by atoms with Gasteiger partial charge < -0.3 is 14.8 Å². The van der Waals surface area contributed by atoms with E-state index in [4.69, 9.17) is 9.47 Å². The minimum absolute atomic E-state index is 0.164. The number of methoxy groups -OCH3 is 1. The minimum Gasteiger partial charge on any atom is -0.496 e. The third-order valence-corrected chi connectivity index (χ3v) is 4.43. The van der Waals surface area contributed by atoms with Gasteiger partial charge in [0.05, 0.1) is 13.2 Å². The van der Waals surface area contributed by atoms with E-state index in [1.807, 2.05) is 55.5 Å². The Hall–Kier alpha value is -2.34. The highest BCUT2D eigenvalue weighted by atomic mass is 79.9. The monoisotopic (exact) mass is 419 g/mol. The van der Waals surface area contributed by atoms with Crippen LogP contribution in [0.2, 0.25) is 0 Å². The molecule has 0 bridgehead atoms. The average Bonchev–Trinajstić information content (AvgIpc) is 2.65. The van der Waals surface area contributed by atoms with Gasteiger partial charge in [-0.05, 0) is 42.7 Å². The summed E-state index contributed by atoms with van der Waals surface area (Å²) in [5.74, 6) is -0.00484. The number of rotatable bonds is 8. The fraction of sp³-hybridized carbons (Fsp3) is 0.300. The third-order valence-electron chi connectivity index (χ3n) is 3.90. The van der Waals surface area contributed by atoms with Crippen LogP contribution < -0.4 is 10.1 Å². The fourth-order valence-corrected chi connectivity index (χ4v) is 2.75. The molecule has 6 heteroatoms. The van der Waals surface area contributed by atoms with Gasteiger partial charge in [-0.25, -0.2) is 0 Å². The van der Waals surface area contributed by atoms with Crippen molar-refractivity contribution in [3.63, 3.8) is 0 Å². The van der Waals surface area contributed by atoms with E-state index < -0.39 is 5.97 Å². The number of ether oxygens (including phenoxy) is 2. The molecule has 26 heavy (non-hydrogen) atoms. The van der Waals surface area contributed by atoms with E-state index in [0.717, 1.165) is 21.3 Å². The van der Waals surface area contributed by atoms with E-state index in [1.165, 1.54) is 0 Å². The van der Waals surface area contributed by atoms with Crippen LogP contribution in [0.3, 0.4) is 0 Å². The van der Waals surface area contributed by atoms with Crippen molar-refractivity contribution in [2.24, 2.45) is 0 Å². The summed E-state index contributed by atoms with van der Waals surface area (Å²) in [7, 11) is 1.59. The Balaban J connectivity index is 1.74. The average molecular weight is 420 g/mol. The Kier molecular flexibility index (Phi) is 7.66. The fourth-order valence-electron chi connectivity index (χ4n) is 2.48. The Morgan fingerprint density at radius 1 is 1.12 bits per heavy atom. The predicted octanol–water partition coefficient (Wildman–Crippen LogP) is 3.81. The molecule has 2 rings (SSSR count). The maximum atomic E-state index is 12.0. The zero-order chi connectivity index (χ0) is 18.9. The molecule has 138 valence electrons. The van der Waals surface area contributed by atoms with Gasteiger partial charge in [0.15, 0.2) is 6.61 Å². The number of amides is 1. The molecule has 0 radical (unpaired) electrons. The van der Waals surface area contributed by atoms with Gasteiger partial charge in [0.2, 0.25) is 0 Å². The highest BCUT2D eigenvalue weighted by Gasteiger charge is 2.12. The van der Waals surface area contributed by atoms with E-state index in [-0.39, 0.29) is 25.0 Å². The number of carbonyl (C=O) groups excluding carboxylic acids is 2. The maximum Gasteiger partial charge on any atom is 0.306 e. The summed E-state index contributed by atoms with van der Waals surface area (Å²) in [5.41, 5.74) is 1.91. The van der Waals surface area contributed by atoms with E-state index in [2.05, 4.69) is 21.2 Å². The summed E-state index contributed by atoms with van der Waals surface area (Å²) < 4.78 is 11.3. The van der Waals surface area contributed by atoms with Crippen LogP contribution in [0.5, 0.6) is 5.75 Å². The summed E-state index contributed by atoms with van der Waals surface area (Å²) in [5, 5.41) is 2.81. The molecule has 0 aromatic heterocycles. The lowest BCUT2D eigenvalue weighted by atomic mass is 10.1. The van der Waals surface area contributed by atoms with Gasteiger partial charge in [-0.3, -0.25) is 9.59 Å². The number of benzene rings is 2. The lowest BCUT2D eigenvalue weighted by Gasteiger charge is -2.14. The smallest absolute Gasteiger partial charge is 0.306 e. The van der Waals surface area contributed by atoms with Crippen molar-refractivity contribution in [1.82, 2.24) is 5.32 Å². The molecule has 0 saturated carbocycles. The first-order valence-electron chi connectivity index (χ1n) is 8.32. The highest BCUT2D eigenvalue weighted by molar-refractivity contribution is 9.10. The van der Waals surface area contributed by atoms with Crippen molar-refractivity contribution in [3.05, 3.63) is 64.1 Å². The van der Waals surface area contributed by atoms with Crippen LogP contribution in [0, 0.1) is 0 Å². The molecule has 0 aliphatic heterocycles. The van der Waals surface area contributed by atoms with Crippen LogP contribution in [-0.2, 0) is 20.7 Å². The second-order valence-electron chi connectivity index (χ2n) is 5.81. The van der Waals surface area contributed by atoms with Crippen molar-refractivity contribution >= 4 is 27.8 Å². The second-order valence-corrected chi connectivity index (χ2v) is 6.73. The summed E-state index contributed by atoms with van der Waals surface area (Å²) in [4.78, 5) is 23.8. The van der Waals surface area contributed by atoms with Gasteiger partial charge in [-0.1, -0.05) is 46.3 Å². The maximum absolute atomic E-state index is 12.0. The van der Waals surface area contributed by atoms with Crippen LogP contribution in [0.1, 0.15) is 30.5 Å². The summed E-state index contributed by atoms with van der Waals surface area (Å²) in [6, 6.07) is 15.0. The number of para-hydroxylation sites is 1. The molecule has 5 nitrogen and oxygen atoms in total. The molecule has 0 heterocycles. The van der Waals surface area contributed by atoms with Gasteiger partial charge >= 0.3 is 5.97 Å². The Bertz CT molecular complexity index is 746. The van der Waals surface area contributed by atoms with Crippen molar-refractivity contribution in [3.8, 4) is 5.75 Å². The first-order valence-corrected chi connectivity index (χ1v) is 9.11. The molecule has 1 atom stereocenters. The van der Waals surface area contributed by atoms with E-state index in [1.54, 1.807) is 7.11 Å². The van der Waals surface area contributed by atoms with E-state index in [0.29, 0.717) is 6.42 Å². The molecule has 0 fully saturated rings. The van der Waals surface area contributed by atoms with Gasteiger partial charge in [0.25, 0.3) is 5.91 Å². The lowest BCUT2D eigenvalue weighted by molar-refractivity contribution is -0.148. The molecule has 0 aliphatic rings. The van der Waals surface area contributed by atoms with Crippen LogP contribution >= 0.6 is 15.9 Å². The third kappa shape index (κ3) is 6.19. The molecule has 0 spiro atoms. The molecule has 0 aliphatic carbocycles. The number of hydrogen-bond donors (Lipinski definition) is 1. The molecule has 1 amide bonds.